The van der Waals surface area contributed by atoms with Crippen LogP contribution in [0.1, 0.15) is 36.0 Å². The molecule has 2 atom stereocenters. The van der Waals surface area contributed by atoms with Crippen LogP contribution in [0.3, 0.4) is 0 Å². The zero-order valence-electron chi connectivity index (χ0n) is 25.6. The summed E-state index contributed by atoms with van der Waals surface area (Å²) in [5, 5.41) is 3.23. The number of benzene rings is 2. The Balaban J connectivity index is 1.36. The van der Waals surface area contributed by atoms with E-state index in [1.54, 1.807) is 26.6 Å². The normalized spacial score (nSPS) is 19.4. The van der Waals surface area contributed by atoms with Gasteiger partial charge in [0, 0.05) is 58.7 Å². The van der Waals surface area contributed by atoms with Gasteiger partial charge in [0.05, 0.1) is 32.4 Å². The summed E-state index contributed by atoms with van der Waals surface area (Å²) in [7, 11) is 3.30. The van der Waals surface area contributed by atoms with E-state index in [0.29, 0.717) is 75.9 Å². The van der Waals surface area contributed by atoms with E-state index in [-0.39, 0.29) is 30.5 Å². The molecular formula is C34H42N4O6. The second-order valence-electron chi connectivity index (χ2n) is 11.3. The number of piperidine rings is 1. The summed E-state index contributed by atoms with van der Waals surface area (Å²) in [6, 6.07) is 17.2. The molecule has 0 aliphatic carbocycles. The van der Waals surface area contributed by atoms with Crippen molar-refractivity contribution in [2.45, 2.75) is 51.0 Å². The molecule has 3 aromatic rings. The highest BCUT2D eigenvalue weighted by Gasteiger charge is 2.33. The standard InChI is InChI=1S/C34H42N4O6/c1-41-17-5-15-37-21-26-9-11-31(42-2)32(19-26)44-28-8-3-6-27(18-28)24-43-30-13-16-38(22-29(30)36-33(39)23-37)34(40)12-10-25-7-4-14-35-20-25/h3-4,6-9,11,14,18-20,29-30H,5,10,12-13,15-17,21-24H2,1-2H3,(H,36,39)/t29-,30+/m0/s1. The Morgan fingerprint density at radius 1 is 1.09 bits per heavy atom. The van der Waals surface area contributed by atoms with Crippen LogP contribution in [0, 0.1) is 0 Å². The van der Waals surface area contributed by atoms with Crippen LogP contribution in [0.25, 0.3) is 0 Å². The van der Waals surface area contributed by atoms with Crippen LogP contribution in [0.15, 0.2) is 67.0 Å². The van der Waals surface area contributed by atoms with Gasteiger partial charge in [0.25, 0.3) is 0 Å². The molecule has 234 valence electrons. The molecule has 1 saturated heterocycles. The largest absolute Gasteiger partial charge is 0.493 e. The number of methoxy groups -OCH3 is 2. The van der Waals surface area contributed by atoms with E-state index in [2.05, 4.69) is 15.2 Å². The van der Waals surface area contributed by atoms with E-state index in [1.807, 2.05) is 59.5 Å². The Bertz CT molecular complexity index is 1390. The molecule has 0 saturated carbocycles. The topological polar surface area (TPSA) is 102 Å². The van der Waals surface area contributed by atoms with Gasteiger partial charge in [0.15, 0.2) is 11.5 Å². The van der Waals surface area contributed by atoms with Gasteiger partial charge in [0.2, 0.25) is 11.8 Å². The molecule has 44 heavy (non-hydrogen) atoms. The van der Waals surface area contributed by atoms with Crippen LogP contribution in [-0.2, 0) is 38.6 Å². The van der Waals surface area contributed by atoms with E-state index in [9.17, 15) is 9.59 Å². The zero-order valence-corrected chi connectivity index (χ0v) is 25.6. The van der Waals surface area contributed by atoms with Crippen LogP contribution in [0.4, 0.5) is 0 Å². The Labute approximate surface area is 259 Å². The van der Waals surface area contributed by atoms with Gasteiger partial charge in [-0.15, -0.1) is 0 Å². The average Bonchev–Trinajstić information content (AvgIpc) is 3.03. The van der Waals surface area contributed by atoms with Gasteiger partial charge >= 0.3 is 0 Å². The molecule has 0 unspecified atom stereocenters. The highest BCUT2D eigenvalue weighted by Crippen LogP contribution is 2.33. The Morgan fingerprint density at radius 2 is 2.00 bits per heavy atom. The molecule has 2 aliphatic rings. The van der Waals surface area contributed by atoms with Gasteiger partial charge in [-0.1, -0.05) is 24.3 Å². The number of carbonyl (C=O) groups is 2. The molecule has 10 nitrogen and oxygen atoms in total. The van der Waals surface area contributed by atoms with Crippen LogP contribution in [0.5, 0.6) is 17.2 Å². The lowest BCUT2D eigenvalue weighted by Gasteiger charge is -2.39. The number of amides is 2. The lowest BCUT2D eigenvalue weighted by molar-refractivity contribution is -0.137. The van der Waals surface area contributed by atoms with E-state index in [0.717, 1.165) is 23.1 Å². The van der Waals surface area contributed by atoms with Crippen molar-refractivity contribution in [1.82, 2.24) is 20.1 Å². The molecule has 1 N–H and O–H groups in total. The van der Waals surface area contributed by atoms with Gasteiger partial charge in [-0.25, -0.2) is 0 Å². The van der Waals surface area contributed by atoms with E-state index in [4.69, 9.17) is 18.9 Å². The third-order valence-electron chi connectivity index (χ3n) is 8.01. The molecule has 2 amide bonds. The quantitative estimate of drug-likeness (QED) is 0.387. The van der Waals surface area contributed by atoms with Crippen molar-refractivity contribution in [2.24, 2.45) is 0 Å². The summed E-state index contributed by atoms with van der Waals surface area (Å²) >= 11 is 0. The summed E-state index contributed by atoms with van der Waals surface area (Å²) < 4.78 is 23.6. The van der Waals surface area contributed by atoms with E-state index in [1.165, 1.54) is 0 Å². The van der Waals surface area contributed by atoms with E-state index >= 15 is 0 Å². The maximum absolute atomic E-state index is 13.5. The first-order valence-electron chi connectivity index (χ1n) is 15.2. The number of aryl methyl sites for hydroxylation is 1. The van der Waals surface area contributed by atoms with Crippen molar-refractivity contribution in [1.29, 1.82) is 0 Å². The second-order valence-corrected chi connectivity index (χ2v) is 11.3. The first-order valence-corrected chi connectivity index (χ1v) is 15.2. The third-order valence-corrected chi connectivity index (χ3v) is 8.01. The number of likely N-dealkylation sites (tertiary alicyclic amines) is 1. The number of carbonyl (C=O) groups excluding carboxylic acids is 2. The molecule has 1 fully saturated rings. The fourth-order valence-corrected chi connectivity index (χ4v) is 5.74. The highest BCUT2D eigenvalue weighted by atomic mass is 16.5. The van der Waals surface area contributed by atoms with Crippen LogP contribution < -0.4 is 14.8 Å². The van der Waals surface area contributed by atoms with Crippen molar-refractivity contribution >= 4 is 11.8 Å². The highest BCUT2D eigenvalue weighted by molar-refractivity contribution is 5.79. The number of ether oxygens (including phenoxy) is 4. The second kappa shape index (κ2) is 15.7. The fraction of sp³-hybridized carbons (Fsp3) is 0.441. The van der Waals surface area contributed by atoms with Gasteiger partial charge in [-0.05, 0) is 66.3 Å². The molecule has 2 aliphatic heterocycles. The molecule has 5 rings (SSSR count). The lowest BCUT2D eigenvalue weighted by atomic mass is 10.0. The number of hydrogen-bond acceptors (Lipinski definition) is 8. The number of pyridine rings is 1. The van der Waals surface area contributed by atoms with Crippen molar-refractivity contribution in [2.75, 3.05) is 47.0 Å². The first kappa shape index (κ1) is 31.4. The lowest BCUT2D eigenvalue weighted by Crippen LogP contribution is -2.58. The van der Waals surface area contributed by atoms with Gasteiger partial charge < -0.3 is 29.2 Å². The molecule has 0 radical (unpaired) electrons. The predicted molar refractivity (Wildman–Crippen MR) is 166 cm³/mol. The molecule has 1 aromatic heterocycles. The third kappa shape index (κ3) is 8.78. The van der Waals surface area contributed by atoms with Crippen LogP contribution in [-0.4, -0.2) is 85.7 Å². The Hall–Kier alpha value is -3.99. The summed E-state index contributed by atoms with van der Waals surface area (Å²) in [5.74, 6) is 1.88. The smallest absolute Gasteiger partial charge is 0.234 e. The zero-order chi connectivity index (χ0) is 30.7. The SMILES string of the molecule is COCCCN1CC(=O)N[C@H]2CN(C(=O)CCc3cccnc3)CC[C@H]2OCc2cccc(c2)Oc2cc(ccc2OC)C1. The first-order chi connectivity index (χ1) is 21.5. The minimum atomic E-state index is -0.334. The van der Waals surface area contributed by atoms with Gasteiger partial charge in [0.1, 0.15) is 5.75 Å². The molecule has 2 aromatic carbocycles. The van der Waals surface area contributed by atoms with Crippen LogP contribution in [0.2, 0.25) is 0 Å². The number of hydrogen-bond donors (Lipinski definition) is 1. The molecule has 0 spiro atoms. The number of rotatable bonds is 8. The van der Waals surface area contributed by atoms with Crippen molar-refractivity contribution in [3.63, 3.8) is 0 Å². The number of nitrogens with one attached hydrogen (secondary N) is 1. The Kier molecular flexibility index (Phi) is 11.2. The van der Waals surface area contributed by atoms with Crippen molar-refractivity contribution in [3.8, 4) is 17.2 Å². The van der Waals surface area contributed by atoms with Crippen molar-refractivity contribution in [3.05, 3.63) is 83.7 Å². The molecule has 4 bridgehead atoms. The Morgan fingerprint density at radius 3 is 2.82 bits per heavy atom. The fourth-order valence-electron chi connectivity index (χ4n) is 5.74. The maximum Gasteiger partial charge on any atom is 0.234 e. The summed E-state index contributed by atoms with van der Waals surface area (Å²) in [5.41, 5.74) is 2.98. The number of fused-ring (bicyclic) bond motifs is 5. The summed E-state index contributed by atoms with van der Waals surface area (Å²) in [6.07, 6.45) is 5.70. The molecular weight excluding hydrogens is 560 g/mol. The van der Waals surface area contributed by atoms with Crippen molar-refractivity contribution < 1.29 is 28.5 Å². The minimum absolute atomic E-state index is 0.0649. The minimum Gasteiger partial charge on any atom is -0.493 e. The van der Waals surface area contributed by atoms with E-state index < -0.39 is 0 Å². The van der Waals surface area contributed by atoms with Crippen LogP contribution >= 0.6 is 0 Å². The monoisotopic (exact) mass is 602 g/mol. The summed E-state index contributed by atoms with van der Waals surface area (Å²) in [4.78, 5) is 34.8. The summed E-state index contributed by atoms with van der Waals surface area (Å²) in [6.45, 7) is 3.34. The maximum atomic E-state index is 13.5. The molecule has 10 heteroatoms. The molecule has 3 heterocycles. The number of aromatic nitrogens is 1. The van der Waals surface area contributed by atoms with Gasteiger partial charge in [-0.3, -0.25) is 19.5 Å². The average molecular weight is 603 g/mol. The number of nitrogens with zero attached hydrogens (tertiary/aromatic N) is 3. The predicted octanol–water partition coefficient (Wildman–Crippen LogP) is 3.97. The van der Waals surface area contributed by atoms with Gasteiger partial charge in [-0.2, -0.15) is 0 Å².